The van der Waals surface area contributed by atoms with Gasteiger partial charge in [0, 0.05) is 11.1 Å². The van der Waals surface area contributed by atoms with Gasteiger partial charge in [0.1, 0.15) is 11.6 Å². The Labute approximate surface area is 175 Å². The molecule has 2 aliphatic heterocycles. The number of fused-ring (bicyclic) bond motifs is 1. The van der Waals surface area contributed by atoms with Gasteiger partial charge in [-0.05, 0) is 18.1 Å². The van der Waals surface area contributed by atoms with Crippen molar-refractivity contribution in [2.75, 3.05) is 7.11 Å². The zero-order valence-corrected chi connectivity index (χ0v) is 16.8. The van der Waals surface area contributed by atoms with Gasteiger partial charge in [-0.3, -0.25) is 10.1 Å². The molecule has 1 saturated heterocycles. The number of esters is 1. The maximum atomic E-state index is 12.5. The second kappa shape index (κ2) is 6.51. The summed E-state index contributed by atoms with van der Waals surface area (Å²) >= 11 is 0. The van der Waals surface area contributed by atoms with Crippen LogP contribution in [0.15, 0.2) is 84.9 Å². The first-order chi connectivity index (χ1) is 14.5. The van der Waals surface area contributed by atoms with Gasteiger partial charge in [0.2, 0.25) is 5.79 Å². The molecule has 0 aliphatic carbocycles. The van der Waals surface area contributed by atoms with Crippen LogP contribution in [0.5, 0.6) is 0 Å². The van der Waals surface area contributed by atoms with E-state index in [1.165, 1.54) is 7.11 Å². The molecule has 0 spiro atoms. The smallest absolute Gasteiger partial charge is 0.324 e. The van der Waals surface area contributed by atoms with Crippen LogP contribution in [0.25, 0.3) is 0 Å². The first kappa shape index (κ1) is 19.0. The first-order valence-electron chi connectivity index (χ1n) is 9.96. The summed E-state index contributed by atoms with van der Waals surface area (Å²) in [6, 6.07) is 26.2. The predicted molar refractivity (Wildman–Crippen MR) is 112 cm³/mol. The lowest BCUT2D eigenvalue weighted by Gasteiger charge is -2.38. The third kappa shape index (κ3) is 2.37. The van der Waals surface area contributed by atoms with Gasteiger partial charge in [0.25, 0.3) is 0 Å². The Bertz CT molecular complexity index is 1100. The third-order valence-corrected chi connectivity index (χ3v) is 6.42. The van der Waals surface area contributed by atoms with Crippen molar-refractivity contribution >= 4 is 5.97 Å². The molecule has 2 aliphatic rings. The molecule has 152 valence electrons. The molecule has 3 aromatic carbocycles. The number of benzene rings is 3. The number of ether oxygens (including phenoxy) is 2. The fourth-order valence-electron chi connectivity index (χ4n) is 4.84. The van der Waals surface area contributed by atoms with Gasteiger partial charge in [-0.25, -0.2) is 0 Å². The van der Waals surface area contributed by atoms with Gasteiger partial charge in [-0.15, -0.1) is 0 Å². The highest BCUT2D eigenvalue weighted by Gasteiger charge is 2.73. The summed E-state index contributed by atoms with van der Waals surface area (Å²) in [5.41, 5.74) is 1.06. The lowest BCUT2D eigenvalue weighted by Crippen LogP contribution is -2.48. The molecule has 1 fully saturated rings. The van der Waals surface area contributed by atoms with Crippen LogP contribution in [0, 0.1) is 0 Å². The minimum Gasteiger partial charge on any atom is -0.468 e. The molecule has 5 heteroatoms. The maximum absolute atomic E-state index is 12.5. The standard InChI is InChI=1S/C25H23NO4/c1-23(21(26-23)22(27)29-2)24(17-11-5-3-6-12-17)19-15-9-10-16-20(19)25(28,30-24)18-13-7-4-8-14-18/h3-16,21,26,28H,1-2H3/t21-,23+,24+,25-/m1/s1. The molecule has 5 rings (SSSR count). The highest BCUT2D eigenvalue weighted by atomic mass is 16.6. The Kier molecular flexibility index (Phi) is 4.12. The summed E-state index contributed by atoms with van der Waals surface area (Å²) in [6.07, 6.45) is 0. The van der Waals surface area contributed by atoms with Crippen LogP contribution in [0.2, 0.25) is 0 Å². The summed E-state index contributed by atoms with van der Waals surface area (Å²) in [7, 11) is 1.38. The van der Waals surface area contributed by atoms with Gasteiger partial charge in [-0.1, -0.05) is 84.9 Å². The molecule has 0 radical (unpaired) electrons. The summed E-state index contributed by atoms with van der Waals surface area (Å²) in [5, 5.41) is 15.2. The van der Waals surface area contributed by atoms with Crippen LogP contribution >= 0.6 is 0 Å². The van der Waals surface area contributed by atoms with Crippen molar-refractivity contribution in [1.82, 2.24) is 5.32 Å². The molecule has 3 aromatic rings. The first-order valence-corrected chi connectivity index (χ1v) is 9.96. The van der Waals surface area contributed by atoms with Crippen molar-refractivity contribution in [2.24, 2.45) is 0 Å². The minimum atomic E-state index is -1.67. The van der Waals surface area contributed by atoms with Crippen LogP contribution in [0.4, 0.5) is 0 Å². The van der Waals surface area contributed by atoms with E-state index < -0.39 is 23.0 Å². The summed E-state index contributed by atoms with van der Waals surface area (Å²) in [4.78, 5) is 12.5. The lowest BCUT2D eigenvalue weighted by atomic mass is 9.74. The second-order valence-corrected chi connectivity index (χ2v) is 8.01. The fraction of sp³-hybridized carbons (Fsp3) is 0.240. The second-order valence-electron chi connectivity index (χ2n) is 8.01. The van der Waals surface area contributed by atoms with E-state index >= 15 is 0 Å². The average Bonchev–Trinajstić information content (AvgIpc) is 3.42. The number of carbonyl (C=O) groups is 1. The molecule has 0 bridgehead atoms. The highest BCUT2D eigenvalue weighted by Crippen LogP contribution is 2.60. The molecule has 30 heavy (non-hydrogen) atoms. The van der Waals surface area contributed by atoms with Crippen LogP contribution in [0.1, 0.15) is 29.2 Å². The van der Waals surface area contributed by atoms with Gasteiger partial charge < -0.3 is 14.6 Å². The van der Waals surface area contributed by atoms with E-state index in [0.29, 0.717) is 11.1 Å². The molecule has 0 saturated carbocycles. The van der Waals surface area contributed by atoms with E-state index in [2.05, 4.69) is 5.32 Å². The predicted octanol–water partition coefficient (Wildman–Crippen LogP) is 3.06. The van der Waals surface area contributed by atoms with Crippen molar-refractivity contribution in [3.05, 3.63) is 107 Å². The zero-order chi connectivity index (χ0) is 21.0. The lowest BCUT2D eigenvalue weighted by molar-refractivity contribution is -0.230. The van der Waals surface area contributed by atoms with Gasteiger partial charge >= 0.3 is 5.97 Å². The number of aliphatic hydroxyl groups is 1. The molecule has 4 atom stereocenters. The van der Waals surface area contributed by atoms with Gasteiger partial charge in [-0.2, -0.15) is 0 Å². The molecule has 2 N–H and O–H groups in total. The molecule has 0 aromatic heterocycles. The molecule has 2 heterocycles. The van der Waals surface area contributed by atoms with Crippen molar-refractivity contribution in [1.29, 1.82) is 0 Å². The Morgan fingerprint density at radius 2 is 1.43 bits per heavy atom. The maximum Gasteiger partial charge on any atom is 0.324 e. The van der Waals surface area contributed by atoms with E-state index in [4.69, 9.17) is 9.47 Å². The van der Waals surface area contributed by atoms with E-state index in [1.54, 1.807) is 0 Å². The largest absolute Gasteiger partial charge is 0.468 e. The summed E-state index contributed by atoms with van der Waals surface area (Å²) < 4.78 is 11.7. The SMILES string of the molecule is COC(=O)[C@H]1N[C@]1(C)[C@@]1(c2ccccc2)O[C@](O)(c2ccccc2)c2ccccc21. The van der Waals surface area contributed by atoms with Crippen molar-refractivity contribution in [2.45, 2.75) is 29.9 Å². The molecule has 5 nitrogen and oxygen atoms in total. The fourth-order valence-corrected chi connectivity index (χ4v) is 4.84. The Hall–Kier alpha value is -2.99. The number of methoxy groups -OCH3 is 1. The topological polar surface area (TPSA) is 77.7 Å². The zero-order valence-electron chi connectivity index (χ0n) is 16.8. The number of hydrogen-bond acceptors (Lipinski definition) is 5. The Balaban J connectivity index is 1.78. The third-order valence-electron chi connectivity index (χ3n) is 6.42. The molecule has 0 amide bonds. The van der Waals surface area contributed by atoms with Crippen molar-refractivity contribution < 1.29 is 19.4 Å². The van der Waals surface area contributed by atoms with Crippen molar-refractivity contribution in [3.8, 4) is 0 Å². The summed E-state index contributed by atoms with van der Waals surface area (Å²) in [6.45, 7) is 1.94. The summed E-state index contributed by atoms with van der Waals surface area (Å²) in [5.74, 6) is -2.02. The number of nitrogens with one attached hydrogen (secondary N) is 1. The number of hydrogen-bond donors (Lipinski definition) is 2. The van der Waals surface area contributed by atoms with E-state index in [-0.39, 0.29) is 5.97 Å². The number of carbonyl (C=O) groups excluding carboxylic acids is 1. The highest BCUT2D eigenvalue weighted by molar-refractivity contribution is 5.83. The number of rotatable bonds is 4. The monoisotopic (exact) mass is 401 g/mol. The van der Waals surface area contributed by atoms with Crippen molar-refractivity contribution in [3.63, 3.8) is 0 Å². The quantitative estimate of drug-likeness (QED) is 0.519. The van der Waals surface area contributed by atoms with Gasteiger partial charge in [0.15, 0.2) is 0 Å². The van der Waals surface area contributed by atoms with Crippen LogP contribution < -0.4 is 5.32 Å². The normalized spacial score (nSPS) is 31.8. The average molecular weight is 401 g/mol. The van der Waals surface area contributed by atoms with E-state index in [9.17, 15) is 9.90 Å². The van der Waals surface area contributed by atoms with Crippen LogP contribution in [0.3, 0.4) is 0 Å². The van der Waals surface area contributed by atoms with Crippen LogP contribution in [-0.4, -0.2) is 29.8 Å². The molecule has 0 unspecified atom stereocenters. The molecular weight excluding hydrogens is 378 g/mol. The van der Waals surface area contributed by atoms with Crippen LogP contribution in [-0.2, 0) is 25.7 Å². The Morgan fingerprint density at radius 3 is 2.03 bits per heavy atom. The molecular formula is C25H23NO4. The van der Waals surface area contributed by atoms with E-state index in [0.717, 1.165) is 11.1 Å². The van der Waals surface area contributed by atoms with Gasteiger partial charge in [0.05, 0.1) is 12.6 Å². The Morgan fingerprint density at radius 1 is 0.900 bits per heavy atom. The minimum absolute atomic E-state index is 0.357. The van der Waals surface area contributed by atoms with E-state index in [1.807, 2.05) is 91.9 Å².